The van der Waals surface area contributed by atoms with Crippen molar-refractivity contribution < 1.29 is 18.7 Å². The lowest BCUT2D eigenvalue weighted by molar-refractivity contribution is -0.130. The molecule has 2 amide bonds. The van der Waals surface area contributed by atoms with Crippen LogP contribution in [0.3, 0.4) is 0 Å². The summed E-state index contributed by atoms with van der Waals surface area (Å²) in [5, 5.41) is 20.4. The van der Waals surface area contributed by atoms with Crippen molar-refractivity contribution in [3.63, 3.8) is 0 Å². The van der Waals surface area contributed by atoms with Crippen LogP contribution in [0.15, 0.2) is 101 Å². The third-order valence-electron chi connectivity index (χ3n) is 7.27. The van der Waals surface area contributed by atoms with Gasteiger partial charge in [-0.3, -0.25) is 14.2 Å². The number of hydrogen-bond donors (Lipinski definition) is 1. The summed E-state index contributed by atoms with van der Waals surface area (Å²) >= 11 is 2.80. The lowest BCUT2D eigenvalue weighted by Crippen LogP contribution is -2.28. The minimum atomic E-state index is -0.353. The quantitative estimate of drug-likeness (QED) is 0.183. The highest BCUT2D eigenvalue weighted by atomic mass is 32.2. The first-order valence-corrected chi connectivity index (χ1v) is 16.0. The average molecular weight is 641 g/mol. The molecule has 0 bridgehead atoms. The molecule has 6 rings (SSSR count). The van der Waals surface area contributed by atoms with Crippen molar-refractivity contribution >= 4 is 40.6 Å². The number of rotatable bonds is 10. The monoisotopic (exact) mass is 640 g/mol. The van der Waals surface area contributed by atoms with Gasteiger partial charge in [0.25, 0.3) is 11.8 Å². The van der Waals surface area contributed by atoms with E-state index in [0.29, 0.717) is 28.7 Å². The van der Waals surface area contributed by atoms with Crippen LogP contribution in [0.1, 0.15) is 44.6 Å². The highest BCUT2D eigenvalue weighted by Gasteiger charge is 2.33. The van der Waals surface area contributed by atoms with Gasteiger partial charge in [-0.2, -0.15) is 5.10 Å². The van der Waals surface area contributed by atoms with Crippen LogP contribution in [-0.4, -0.2) is 50.2 Å². The minimum Gasteiger partial charge on any atom is -0.497 e. The van der Waals surface area contributed by atoms with Gasteiger partial charge in [0, 0.05) is 17.7 Å². The standard InChI is InChI=1S/C33H29FN6O3S2/c1-21-5-3-6-25(17-21)39-30(19-35-32(42)23-10-14-26(43-2)15-11-23)36-37-33(39)45-20-31(41)40-28(22-8-12-24(34)13-9-22)18-27(38-40)29-7-4-16-44-29/h3-17,28H,18-20H2,1-2H3,(H,35,42)/t28-/m0/s1. The molecule has 12 heteroatoms. The predicted molar refractivity (Wildman–Crippen MR) is 172 cm³/mol. The van der Waals surface area contributed by atoms with E-state index >= 15 is 0 Å². The minimum absolute atomic E-state index is 0.0427. The lowest BCUT2D eigenvalue weighted by Gasteiger charge is -2.22. The number of nitrogens with zero attached hydrogens (tertiary/aromatic N) is 5. The molecule has 1 aliphatic rings. The summed E-state index contributed by atoms with van der Waals surface area (Å²) in [6, 6.07) is 24.4. The van der Waals surface area contributed by atoms with E-state index in [1.54, 1.807) is 54.8 Å². The molecule has 5 aromatic rings. The number of ether oxygens (including phenoxy) is 1. The van der Waals surface area contributed by atoms with Crippen molar-refractivity contribution in [2.24, 2.45) is 5.10 Å². The summed E-state index contributed by atoms with van der Waals surface area (Å²) < 4.78 is 20.7. The van der Waals surface area contributed by atoms with Crippen LogP contribution in [0.5, 0.6) is 5.75 Å². The Morgan fingerprint density at radius 3 is 2.56 bits per heavy atom. The first-order chi connectivity index (χ1) is 21.9. The number of amides is 2. The van der Waals surface area contributed by atoms with Crippen LogP contribution in [0.4, 0.5) is 4.39 Å². The van der Waals surface area contributed by atoms with E-state index in [1.807, 2.05) is 53.3 Å². The maximum absolute atomic E-state index is 13.7. The molecule has 3 aromatic carbocycles. The van der Waals surface area contributed by atoms with Crippen LogP contribution in [0.2, 0.25) is 0 Å². The molecule has 0 fully saturated rings. The van der Waals surface area contributed by atoms with Gasteiger partial charge in [0.1, 0.15) is 11.6 Å². The van der Waals surface area contributed by atoms with Crippen LogP contribution >= 0.6 is 23.1 Å². The van der Waals surface area contributed by atoms with Crippen LogP contribution in [-0.2, 0) is 11.3 Å². The van der Waals surface area contributed by atoms with Gasteiger partial charge in [-0.05, 0) is 78.0 Å². The summed E-state index contributed by atoms with van der Waals surface area (Å²) in [7, 11) is 1.57. The predicted octanol–water partition coefficient (Wildman–Crippen LogP) is 6.18. The van der Waals surface area contributed by atoms with E-state index < -0.39 is 0 Å². The van der Waals surface area contributed by atoms with Crippen LogP contribution in [0.25, 0.3) is 5.69 Å². The second-order valence-electron chi connectivity index (χ2n) is 10.3. The Morgan fingerprint density at radius 1 is 1.04 bits per heavy atom. The van der Waals surface area contributed by atoms with Crippen molar-refractivity contribution in [2.45, 2.75) is 31.1 Å². The first kappa shape index (κ1) is 30.2. The molecule has 0 aliphatic carbocycles. The number of hydrogen-bond acceptors (Lipinski definition) is 8. The number of thioether (sulfide) groups is 1. The molecule has 1 N–H and O–H groups in total. The molecule has 45 heavy (non-hydrogen) atoms. The zero-order chi connectivity index (χ0) is 31.3. The number of thiophene rings is 1. The molecular weight excluding hydrogens is 612 g/mol. The Labute approximate surface area is 267 Å². The van der Waals surface area contributed by atoms with Crippen LogP contribution in [0, 0.1) is 12.7 Å². The SMILES string of the molecule is COc1ccc(C(=O)NCc2nnc(SCC(=O)N3N=C(c4cccs4)C[C@H]3c3ccc(F)cc3)n2-c2cccc(C)c2)cc1. The fourth-order valence-electron chi connectivity index (χ4n) is 5.01. The number of halogens is 1. The molecule has 1 atom stereocenters. The van der Waals surface area contributed by atoms with Gasteiger partial charge >= 0.3 is 0 Å². The highest BCUT2D eigenvalue weighted by Crippen LogP contribution is 2.35. The zero-order valence-corrected chi connectivity index (χ0v) is 26.1. The number of aryl methyl sites for hydroxylation is 1. The van der Waals surface area contributed by atoms with Crippen molar-refractivity contribution in [1.82, 2.24) is 25.1 Å². The largest absolute Gasteiger partial charge is 0.497 e. The molecule has 0 radical (unpaired) electrons. The summed E-state index contributed by atoms with van der Waals surface area (Å²) in [4.78, 5) is 27.6. The molecule has 0 spiro atoms. The Hall–Kier alpha value is -4.81. The maximum Gasteiger partial charge on any atom is 0.253 e. The first-order valence-electron chi connectivity index (χ1n) is 14.1. The Bertz CT molecular complexity index is 1840. The van der Waals surface area contributed by atoms with Crippen molar-refractivity contribution in [2.75, 3.05) is 12.9 Å². The Kier molecular flexibility index (Phi) is 9.03. The smallest absolute Gasteiger partial charge is 0.253 e. The number of methoxy groups -OCH3 is 1. The molecule has 0 saturated heterocycles. The van der Waals surface area contributed by atoms with E-state index in [9.17, 15) is 14.0 Å². The van der Waals surface area contributed by atoms with E-state index in [0.717, 1.165) is 27.4 Å². The topological polar surface area (TPSA) is 102 Å². The summed E-state index contributed by atoms with van der Waals surface area (Å²) in [6.45, 7) is 2.11. The fourth-order valence-corrected chi connectivity index (χ4v) is 6.55. The second-order valence-corrected chi connectivity index (χ2v) is 12.2. The number of aromatic nitrogens is 3. The van der Waals surface area contributed by atoms with E-state index in [4.69, 9.17) is 9.84 Å². The molecule has 1 aliphatic heterocycles. The van der Waals surface area contributed by atoms with Crippen molar-refractivity contribution in [3.8, 4) is 11.4 Å². The molecule has 0 saturated carbocycles. The van der Waals surface area contributed by atoms with Gasteiger partial charge in [0.05, 0.1) is 36.0 Å². The number of nitrogens with one attached hydrogen (secondary N) is 1. The molecule has 228 valence electrons. The molecule has 0 unspecified atom stereocenters. The summed E-state index contributed by atoms with van der Waals surface area (Å²) in [5.74, 6) is 0.404. The van der Waals surface area contributed by atoms with E-state index in [1.165, 1.54) is 28.9 Å². The molecule has 2 aromatic heterocycles. The van der Waals surface area contributed by atoms with Gasteiger partial charge in [0.15, 0.2) is 11.0 Å². The average Bonchev–Trinajstić information content (AvgIpc) is 3.83. The fraction of sp³-hybridized carbons (Fsp3) is 0.182. The highest BCUT2D eigenvalue weighted by molar-refractivity contribution is 7.99. The van der Waals surface area contributed by atoms with E-state index in [-0.39, 0.29) is 36.0 Å². The maximum atomic E-state index is 13.7. The van der Waals surface area contributed by atoms with Gasteiger partial charge in [-0.1, -0.05) is 42.1 Å². The lowest BCUT2D eigenvalue weighted by atomic mass is 10.0. The van der Waals surface area contributed by atoms with Crippen molar-refractivity contribution in [3.05, 3.63) is 124 Å². The van der Waals surface area contributed by atoms with Gasteiger partial charge in [0.2, 0.25) is 0 Å². The summed E-state index contributed by atoms with van der Waals surface area (Å²) in [6.07, 6.45) is 0.528. The molecule has 3 heterocycles. The third-order valence-corrected chi connectivity index (χ3v) is 9.10. The normalized spacial score (nSPS) is 14.3. The second kappa shape index (κ2) is 13.4. The van der Waals surface area contributed by atoms with Crippen molar-refractivity contribution in [1.29, 1.82) is 0 Å². The van der Waals surface area contributed by atoms with Gasteiger partial charge < -0.3 is 10.1 Å². The number of hydrazone groups is 1. The third kappa shape index (κ3) is 6.81. The zero-order valence-electron chi connectivity index (χ0n) is 24.5. The van der Waals surface area contributed by atoms with E-state index in [2.05, 4.69) is 15.5 Å². The Morgan fingerprint density at radius 2 is 1.84 bits per heavy atom. The van der Waals surface area contributed by atoms with Gasteiger partial charge in [-0.15, -0.1) is 21.5 Å². The summed E-state index contributed by atoms with van der Waals surface area (Å²) in [5.41, 5.74) is 3.96. The number of carbonyl (C=O) groups is 2. The molecular formula is C33H29FN6O3S2. The number of benzene rings is 3. The van der Waals surface area contributed by atoms with Gasteiger partial charge in [-0.25, -0.2) is 9.40 Å². The molecule has 9 nitrogen and oxygen atoms in total. The Balaban J connectivity index is 1.22. The number of carbonyl (C=O) groups excluding carboxylic acids is 2. The van der Waals surface area contributed by atoms with Crippen LogP contribution < -0.4 is 10.1 Å².